The molecule has 0 saturated heterocycles. The van der Waals surface area contributed by atoms with Crippen LogP contribution in [-0.2, 0) is 6.42 Å². The Bertz CT molecular complexity index is 208. The van der Waals surface area contributed by atoms with Crippen molar-refractivity contribution < 1.29 is 0 Å². The number of pyridine rings is 1. The molecule has 66 valence electrons. The fourth-order valence-electron chi connectivity index (χ4n) is 1.11. The van der Waals surface area contributed by atoms with Crippen LogP contribution in [0, 0.1) is 0 Å². The highest BCUT2D eigenvalue weighted by molar-refractivity contribution is 5.09. The second-order valence-corrected chi connectivity index (χ2v) is 3.06. The van der Waals surface area contributed by atoms with Crippen molar-refractivity contribution in [2.24, 2.45) is 5.73 Å². The zero-order chi connectivity index (χ0) is 8.81. The number of nitrogens with zero attached hydrogens (tertiary/aromatic N) is 1. The summed E-state index contributed by atoms with van der Waals surface area (Å²) in [7, 11) is 0. The third kappa shape index (κ3) is 3.01. The molecule has 0 fully saturated rings. The van der Waals surface area contributed by atoms with Crippen LogP contribution in [0.2, 0.25) is 0 Å². The zero-order valence-electron chi connectivity index (χ0n) is 7.53. The van der Waals surface area contributed by atoms with E-state index in [1.807, 2.05) is 24.5 Å². The first kappa shape index (κ1) is 9.20. The van der Waals surface area contributed by atoms with E-state index in [0.29, 0.717) is 6.04 Å². The summed E-state index contributed by atoms with van der Waals surface area (Å²) in [6.45, 7) is 2.12. The Hall–Kier alpha value is -0.890. The molecule has 0 spiro atoms. The summed E-state index contributed by atoms with van der Waals surface area (Å²) in [6, 6.07) is 4.43. The minimum absolute atomic E-state index is 0.346. The number of aromatic nitrogens is 1. The Morgan fingerprint density at radius 2 is 2.08 bits per heavy atom. The third-order valence-corrected chi connectivity index (χ3v) is 2.08. The van der Waals surface area contributed by atoms with Crippen molar-refractivity contribution in [1.82, 2.24) is 4.98 Å². The van der Waals surface area contributed by atoms with Crippen LogP contribution in [0.5, 0.6) is 0 Å². The van der Waals surface area contributed by atoms with Crippen LogP contribution in [0.4, 0.5) is 0 Å². The molecule has 0 bridgehead atoms. The number of hydrogen-bond donors (Lipinski definition) is 1. The Kier molecular flexibility index (Phi) is 3.74. The molecule has 0 radical (unpaired) electrons. The van der Waals surface area contributed by atoms with Crippen LogP contribution in [0.3, 0.4) is 0 Å². The quantitative estimate of drug-likeness (QED) is 0.736. The van der Waals surface area contributed by atoms with Crippen molar-refractivity contribution in [1.29, 1.82) is 0 Å². The molecule has 1 heterocycles. The van der Waals surface area contributed by atoms with Gasteiger partial charge in [-0.05, 0) is 37.0 Å². The van der Waals surface area contributed by atoms with Gasteiger partial charge in [0.25, 0.3) is 0 Å². The second-order valence-electron chi connectivity index (χ2n) is 3.06. The Morgan fingerprint density at radius 3 is 2.67 bits per heavy atom. The Morgan fingerprint density at radius 1 is 1.42 bits per heavy atom. The molecule has 0 aliphatic heterocycles. The molecule has 0 aromatic carbocycles. The van der Waals surface area contributed by atoms with Crippen LogP contribution in [0.1, 0.15) is 25.3 Å². The predicted molar refractivity (Wildman–Crippen MR) is 50.8 cm³/mol. The summed E-state index contributed by atoms with van der Waals surface area (Å²) in [4.78, 5) is 3.96. The van der Waals surface area contributed by atoms with Gasteiger partial charge < -0.3 is 5.73 Å². The molecule has 0 amide bonds. The van der Waals surface area contributed by atoms with E-state index in [1.54, 1.807) is 0 Å². The fraction of sp³-hybridized carbons (Fsp3) is 0.500. The highest BCUT2D eigenvalue weighted by Crippen LogP contribution is 2.03. The van der Waals surface area contributed by atoms with Gasteiger partial charge in [-0.15, -0.1) is 0 Å². The molecule has 1 aromatic rings. The molecule has 1 aromatic heterocycles. The van der Waals surface area contributed by atoms with Crippen LogP contribution in [0.15, 0.2) is 24.5 Å². The minimum atomic E-state index is 0.346. The van der Waals surface area contributed by atoms with Crippen molar-refractivity contribution in [3.05, 3.63) is 30.1 Å². The maximum absolute atomic E-state index is 5.81. The van der Waals surface area contributed by atoms with Gasteiger partial charge in [-0.1, -0.05) is 6.92 Å². The normalized spacial score (nSPS) is 12.8. The highest BCUT2D eigenvalue weighted by Gasteiger charge is 1.98. The van der Waals surface area contributed by atoms with Crippen molar-refractivity contribution in [2.75, 3.05) is 0 Å². The van der Waals surface area contributed by atoms with Gasteiger partial charge in [0.2, 0.25) is 0 Å². The molecule has 2 nitrogen and oxygen atoms in total. The Labute approximate surface area is 73.8 Å². The second kappa shape index (κ2) is 4.88. The number of hydrogen-bond acceptors (Lipinski definition) is 2. The molecule has 0 aliphatic rings. The SMILES string of the molecule is CCC(N)CCc1ccncc1. The maximum Gasteiger partial charge on any atom is 0.0270 e. The van der Waals surface area contributed by atoms with Crippen LogP contribution < -0.4 is 5.73 Å². The summed E-state index contributed by atoms with van der Waals surface area (Å²) in [6.07, 6.45) is 6.85. The molecular weight excluding hydrogens is 148 g/mol. The summed E-state index contributed by atoms with van der Waals surface area (Å²) >= 11 is 0. The smallest absolute Gasteiger partial charge is 0.0270 e. The summed E-state index contributed by atoms with van der Waals surface area (Å²) in [5, 5.41) is 0. The lowest BCUT2D eigenvalue weighted by atomic mass is 10.1. The maximum atomic E-state index is 5.81. The van der Waals surface area contributed by atoms with E-state index in [0.717, 1.165) is 19.3 Å². The van der Waals surface area contributed by atoms with Crippen molar-refractivity contribution in [3.63, 3.8) is 0 Å². The lowest BCUT2D eigenvalue weighted by Crippen LogP contribution is -2.18. The lowest BCUT2D eigenvalue weighted by molar-refractivity contribution is 0.596. The van der Waals surface area contributed by atoms with Gasteiger partial charge in [0.1, 0.15) is 0 Å². The molecule has 0 saturated carbocycles. The topological polar surface area (TPSA) is 38.9 Å². The zero-order valence-corrected chi connectivity index (χ0v) is 7.53. The van der Waals surface area contributed by atoms with Gasteiger partial charge in [-0.25, -0.2) is 0 Å². The third-order valence-electron chi connectivity index (χ3n) is 2.08. The van der Waals surface area contributed by atoms with Crippen LogP contribution >= 0.6 is 0 Å². The molecular formula is C10H16N2. The van der Waals surface area contributed by atoms with Crippen LogP contribution in [-0.4, -0.2) is 11.0 Å². The van der Waals surface area contributed by atoms with E-state index >= 15 is 0 Å². The first-order valence-electron chi connectivity index (χ1n) is 4.47. The standard InChI is InChI=1S/C10H16N2/c1-2-10(11)4-3-9-5-7-12-8-6-9/h5-8,10H,2-4,11H2,1H3. The van der Waals surface area contributed by atoms with Crippen molar-refractivity contribution in [2.45, 2.75) is 32.2 Å². The van der Waals surface area contributed by atoms with Crippen molar-refractivity contribution >= 4 is 0 Å². The number of nitrogens with two attached hydrogens (primary N) is 1. The monoisotopic (exact) mass is 164 g/mol. The summed E-state index contributed by atoms with van der Waals surface area (Å²) in [5.74, 6) is 0. The van der Waals surface area contributed by atoms with E-state index in [1.165, 1.54) is 5.56 Å². The number of aryl methyl sites for hydroxylation is 1. The summed E-state index contributed by atoms with van der Waals surface area (Å²) in [5.41, 5.74) is 7.13. The van der Waals surface area contributed by atoms with Gasteiger partial charge in [-0.2, -0.15) is 0 Å². The average molecular weight is 164 g/mol. The molecule has 12 heavy (non-hydrogen) atoms. The molecule has 1 unspecified atom stereocenters. The van der Waals surface area contributed by atoms with Gasteiger partial charge in [0, 0.05) is 18.4 Å². The first-order valence-corrected chi connectivity index (χ1v) is 4.47. The van der Waals surface area contributed by atoms with Crippen LogP contribution in [0.25, 0.3) is 0 Å². The van der Waals surface area contributed by atoms with E-state index in [2.05, 4.69) is 11.9 Å². The van der Waals surface area contributed by atoms with E-state index < -0.39 is 0 Å². The van der Waals surface area contributed by atoms with Gasteiger partial charge in [0.05, 0.1) is 0 Å². The van der Waals surface area contributed by atoms with Crippen molar-refractivity contribution in [3.8, 4) is 0 Å². The number of rotatable bonds is 4. The first-order chi connectivity index (χ1) is 5.83. The van der Waals surface area contributed by atoms with E-state index in [9.17, 15) is 0 Å². The molecule has 1 rings (SSSR count). The summed E-state index contributed by atoms with van der Waals surface area (Å²) < 4.78 is 0. The van der Waals surface area contributed by atoms with Gasteiger partial charge in [-0.3, -0.25) is 4.98 Å². The minimum Gasteiger partial charge on any atom is -0.328 e. The van der Waals surface area contributed by atoms with Gasteiger partial charge >= 0.3 is 0 Å². The largest absolute Gasteiger partial charge is 0.328 e. The predicted octanol–water partition coefficient (Wildman–Crippen LogP) is 1.75. The lowest BCUT2D eigenvalue weighted by Gasteiger charge is -2.07. The molecule has 2 heteroatoms. The molecule has 0 aliphatic carbocycles. The van der Waals surface area contributed by atoms with Gasteiger partial charge in [0.15, 0.2) is 0 Å². The Balaban J connectivity index is 2.33. The molecule has 2 N–H and O–H groups in total. The fourth-order valence-corrected chi connectivity index (χ4v) is 1.11. The highest BCUT2D eigenvalue weighted by atomic mass is 14.6. The van der Waals surface area contributed by atoms with E-state index in [-0.39, 0.29) is 0 Å². The molecule has 1 atom stereocenters. The average Bonchev–Trinajstić information content (AvgIpc) is 2.16. The van der Waals surface area contributed by atoms with E-state index in [4.69, 9.17) is 5.73 Å².